The van der Waals surface area contributed by atoms with Crippen molar-refractivity contribution >= 4 is 5.78 Å². The summed E-state index contributed by atoms with van der Waals surface area (Å²) in [6.07, 6.45) is -4.55. The lowest BCUT2D eigenvalue weighted by atomic mass is 9.95. The molecule has 0 aliphatic rings. The van der Waals surface area contributed by atoms with Crippen molar-refractivity contribution in [2.75, 3.05) is 0 Å². The molecule has 1 nitrogen and oxygen atoms in total. The lowest BCUT2D eigenvalue weighted by Crippen LogP contribution is -2.25. The molecule has 0 aromatic heterocycles. The molecule has 0 saturated heterocycles. The van der Waals surface area contributed by atoms with Gasteiger partial charge in [-0.15, -0.1) is 0 Å². The Morgan fingerprint density at radius 3 is 2.15 bits per heavy atom. The fraction of sp³-hybridized carbons (Fsp3) is 0.227. The van der Waals surface area contributed by atoms with E-state index in [4.69, 9.17) is 0 Å². The molecule has 2 aromatic rings. The van der Waals surface area contributed by atoms with Crippen molar-refractivity contribution in [3.8, 4) is 23.7 Å². The monoisotopic (exact) mass is 354 g/mol. The van der Waals surface area contributed by atoms with Crippen molar-refractivity contribution in [2.24, 2.45) is 5.92 Å². The Hall–Kier alpha value is -2.98. The van der Waals surface area contributed by atoms with Gasteiger partial charge in [0, 0.05) is 17.9 Å². The molecule has 0 N–H and O–H groups in total. The van der Waals surface area contributed by atoms with Gasteiger partial charge in [-0.05, 0) is 42.4 Å². The Morgan fingerprint density at radius 2 is 1.54 bits per heavy atom. The standard InChI is InChI=1S/C22H17F3O/c23-22(24,25)21(26)17-20(16-15-19-11-5-2-6-12-19)14-8-7-13-18-9-3-1-4-10-18/h1-6,9-12,20H,15-17H2/t20-/m0/s1. The van der Waals surface area contributed by atoms with E-state index < -0.39 is 24.3 Å². The van der Waals surface area contributed by atoms with Crippen LogP contribution in [0.2, 0.25) is 0 Å². The van der Waals surface area contributed by atoms with Crippen LogP contribution in [0.5, 0.6) is 0 Å². The van der Waals surface area contributed by atoms with E-state index in [0.717, 1.165) is 11.1 Å². The third-order valence-corrected chi connectivity index (χ3v) is 3.69. The van der Waals surface area contributed by atoms with Crippen LogP contribution in [0, 0.1) is 29.6 Å². The second kappa shape index (κ2) is 9.49. The van der Waals surface area contributed by atoms with Crippen LogP contribution in [0.25, 0.3) is 0 Å². The lowest BCUT2D eigenvalue weighted by Gasteiger charge is -2.11. The first-order valence-corrected chi connectivity index (χ1v) is 8.15. The Morgan fingerprint density at radius 1 is 0.923 bits per heavy atom. The highest BCUT2D eigenvalue weighted by atomic mass is 19.4. The Labute approximate surface area is 151 Å². The average Bonchev–Trinajstić information content (AvgIpc) is 2.64. The van der Waals surface area contributed by atoms with Crippen molar-refractivity contribution in [1.29, 1.82) is 0 Å². The predicted molar refractivity (Wildman–Crippen MR) is 95.0 cm³/mol. The van der Waals surface area contributed by atoms with E-state index in [1.165, 1.54) is 0 Å². The molecular weight excluding hydrogens is 337 g/mol. The maximum Gasteiger partial charge on any atom is 0.450 e. The zero-order valence-corrected chi connectivity index (χ0v) is 14.0. The van der Waals surface area contributed by atoms with Crippen LogP contribution >= 0.6 is 0 Å². The molecule has 132 valence electrons. The summed E-state index contributed by atoms with van der Waals surface area (Å²) in [5.41, 5.74) is 1.77. The molecule has 0 aliphatic carbocycles. The number of hydrogen-bond acceptors (Lipinski definition) is 1. The molecule has 0 amide bonds. The maximum absolute atomic E-state index is 12.6. The van der Waals surface area contributed by atoms with Crippen LogP contribution in [0.15, 0.2) is 60.7 Å². The van der Waals surface area contributed by atoms with Crippen molar-refractivity contribution in [1.82, 2.24) is 0 Å². The summed E-state index contributed by atoms with van der Waals surface area (Å²) in [6.45, 7) is 0. The van der Waals surface area contributed by atoms with Crippen LogP contribution in [-0.2, 0) is 11.2 Å². The number of carbonyl (C=O) groups is 1. The van der Waals surface area contributed by atoms with E-state index in [1.807, 2.05) is 60.7 Å². The molecule has 0 unspecified atom stereocenters. The summed E-state index contributed by atoms with van der Waals surface area (Å²) in [5, 5.41) is 0. The van der Waals surface area contributed by atoms with Gasteiger partial charge in [0.05, 0.1) is 0 Å². The summed E-state index contributed by atoms with van der Waals surface area (Å²) < 4.78 is 37.7. The van der Waals surface area contributed by atoms with E-state index in [-0.39, 0.29) is 0 Å². The summed E-state index contributed by atoms with van der Waals surface area (Å²) in [6, 6.07) is 18.5. The van der Waals surface area contributed by atoms with Gasteiger partial charge in [-0.1, -0.05) is 60.4 Å². The number of alkyl halides is 3. The first kappa shape index (κ1) is 19.3. The molecule has 0 fully saturated rings. The minimum absolute atomic E-state index is 0.367. The second-order valence-electron chi connectivity index (χ2n) is 5.73. The van der Waals surface area contributed by atoms with Crippen molar-refractivity contribution in [2.45, 2.75) is 25.4 Å². The summed E-state index contributed by atoms with van der Waals surface area (Å²) in [5.74, 6) is 8.35. The van der Waals surface area contributed by atoms with E-state index in [1.54, 1.807) is 0 Å². The van der Waals surface area contributed by atoms with Crippen LogP contribution < -0.4 is 0 Å². The smallest absolute Gasteiger partial charge is 0.290 e. The van der Waals surface area contributed by atoms with Gasteiger partial charge < -0.3 is 0 Å². The number of ketones is 1. The molecule has 0 heterocycles. The van der Waals surface area contributed by atoms with Gasteiger partial charge in [0.2, 0.25) is 5.78 Å². The van der Waals surface area contributed by atoms with Crippen molar-refractivity contribution in [3.05, 3.63) is 71.8 Å². The molecule has 2 rings (SSSR count). The highest BCUT2D eigenvalue weighted by molar-refractivity contribution is 5.84. The molecule has 1 atom stereocenters. The fourth-order valence-corrected chi connectivity index (χ4v) is 2.31. The first-order chi connectivity index (χ1) is 12.4. The third-order valence-electron chi connectivity index (χ3n) is 3.69. The summed E-state index contributed by atoms with van der Waals surface area (Å²) in [7, 11) is 0. The highest BCUT2D eigenvalue weighted by Crippen LogP contribution is 2.22. The van der Waals surface area contributed by atoms with Crippen LogP contribution in [-0.4, -0.2) is 12.0 Å². The van der Waals surface area contributed by atoms with E-state index in [9.17, 15) is 18.0 Å². The fourth-order valence-electron chi connectivity index (χ4n) is 2.31. The van der Waals surface area contributed by atoms with Gasteiger partial charge in [0.15, 0.2) is 0 Å². The minimum atomic E-state index is -4.83. The number of Topliss-reactive ketones (excluding diaryl/α,β-unsaturated/α-hetero) is 1. The quantitative estimate of drug-likeness (QED) is 0.704. The Kier molecular flexibility index (Phi) is 7.06. The van der Waals surface area contributed by atoms with Gasteiger partial charge in [-0.2, -0.15) is 13.2 Å². The normalized spacial score (nSPS) is 11.5. The van der Waals surface area contributed by atoms with E-state index in [2.05, 4.69) is 23.7 Å². The number of halogens is 3. The molecule has 0 saturated carbocycles. The summed E-state index contributed by atoms with van der Waals surface area (Å²) in [4.78, 5) is 11.3. The average molecular weight is 354 g/mol. The lowest BCUT2D eigenvalue weighted by molar-refractivity contribution is -0.171. The van der Waals surface area contributed by atoms with Crippen LogP contribution in [0.4, 0.5) is 13.2 Å². The number of hydrogen-bond donors (Lipinski definition) is 0. The molecule has 2 aromatic carbocycles. The van der Waals surface area contributed by atoms with E-state index in [0.29, 0.717) is 12.8 Å². The summed E-state index contributed by atoms with van der Waals surface area (Å²) >= 11 is 0. The Bertz CT molecular complexity index is 831. The zero-order chi connectivity index (χ0) is 18.8. The van der Waals surface area contributed by atoms with Gasteiger partial charge in [-0.25, -0.2) is 0 Å². The zero-order valence-electron chi connectivity index (χ0n) is 14.0. The van der Waals surface area contributed by atoms with E-state index >= 15 is 0 Å². The second-order valence-corrected chi connectivity index (χ2v) is 5.73. The number of carbonyl (C=O) groups excluding carboxylic acids is 1. The molecule has 4 heteroatoms. The first-order valence-electron chi connectivity index (χ1n) is 8.15. The Balaban J connectivity index is 2.06. The number of aryl methyl sites for hydroxylation is 1. The molecule has 26 heavy (non-hydrogen) atoms. The van der Waals surface area contributed by atoms with Crippen molar-refractivity contribution < 1.29 is 18.0 Å². The van der Waals surface area contributed by atoms with Gasteiger partial charge in [0.25, 0.3) is 0 Å². The molecule has 0 radical (unpaired) electrons. The maximum atomic E-state index is 12.6. The van der Waals surface area contributed by atoms with Crippen LogP contribution in [0.3, 0.4) is 0 Å². The molecule has 0 bridgehead atoms. The minimum Gasteiger partial charge on any atom is -0.290 e. The third kappa shape index (κ3) is 6.87. The molecule has 0 aliphatic heterocycles. The number of rotatable bonds is 5. The number of benzene rings is 2. The van der Waals surface area contributed by atoms with Crippen LogP contribution in [0.1, 0.15) is 24.0 Å². The topological polar surface area (TPSA) is 17.1 Å². The predicted octanol–water partition coefficient (Wildman–Crippen LogP) is 4.81. The van der Waals surface area contributed by atoms with Crippen molar-refractivity contribution in [3.63, 3.8) is 0 Å². The molecule has 0 spiro atoms. The highest BCUT2D eigenvalue weighted by Gasteiger charge is 2.38. The van der Waals surface area contributed by atoms with Gasteiger partial charge in [-0.3, -0.25) is 4.79 Å². The molecular formula is C22H17F3O. The van der Waals surface area contributed by atoms with Gasteiger partial charge >= 0.3 is 6.18 Å². The van der Waals surface area contributed by atoms with Gasteiger partial charge in [0.1, 0.15) is 0 Å². The SMILES string of the molecule is O=C(C[C@@H](C#CC#Cc1ccccc1)CCc1ccccc1)C(F)(F)F. The largest absolute Gasteiger partial charge is 0.450 e.